The zero-order chi connectivity index (χ0) is 18.2. The fraction of sp³-hybridized carbons (Fsp3) is 0.619. The van der Waals surface area contributed by atoms with Crippen LogP contribution in [0.2, 0.25) is 0 Å². The lowest BCUT2D eigenvalue weighted by molar-refractivity contribution is -0.164. The molecular formula is C21H28O4. The summed E-state index contributed by atoms with van der Waals surface area (Å²) < 4.78 is 11.0. The maximum absolute atomic E-state index is 12.3. The molecule has 3 unspecified atom stereocenters. The highest BCUT2D eigenvalue weighted by Crippen LogP contribution is 2.63. The fourth-order valence-corrected chi connectivity index (χ4v) is 4.88. The molecule has 4 nitrogen and oxygen atoms in total. The van der Waals surface area contributed by atoms with Gasteiger partial charge in [-0.2, -0.15) is 0 Å². The topological polar surface area (TPSA) is 52.6 Å². The highest BCUT2D eigenvalue weighted by atomic mass is 16.5. The van der Waals surface area contributed by atoms with Gasteiger partial charge in [-0.05, 0) is 49.4 Å². The highest BCUT2D eigenvalue weighted by Gasteiger charge is 2.61. The third-order valence-corrected chi connectivity index (χ3v) is 6.36. The van der Waals surface area contributed by atoms with Crippen molar-refractivity contribution in [1.82, 2.24) is 0 Å². The summed E-state index contributed by atoms with van der Waals surface area (Å²) in [6.07, 6.45) is 3.78. The molecule has 136 valence electrons. The third kappa shape index (κ3) is 3.31. The Morgan fingerprint density at radius 2 is 1.80 bits per heavy atom. The van der Waals surface area contributed by atoms with Gasteiger partial charge in [0.2, 0.25) is 0 Å². The molecule has 0 aromatic heterocycles. The molecule has 1 aromatic carbocycles. The number of ketones is 1. The van der Waals surface area contributed by atoms with Gasteiger partial charge < -0.3 is 9.47 Å². The van der Waals surface area contributed by atoms with E-state index in [0.717, 1.165) is 12.8 Å². The van der Waals surface area contributed by atoms with Gasteiger partial charge in [0, 0.05) is 22.8 Å². The molecule has 2 fully saturated rings. The number of methoxy groups -OCH3 is 1. The van der Waals surface area contributed by atoms with Crippen LogP contribution in [0.5, 0.6) is 5.75 Å². The first-order chi connectivity index (χ1) is 11.8. The first-order valence-electron chi connectivity index (χ1n) is 9.13. The van der Waals surface area contributed by atoms with E-state index < -0.39 is 0 Å². The summed E-state index contributed by atoms with van der Waals surface area (Å²) >= 11 is 0. The summed E-state index contributed by atoms with van der Waals surface area (Å²) in [6, 6.07) is 6.97. The Hall–Kier alpha value is -1.84. The van der Waals surface area contributed by atoms with E-state index in [1.54, 1.807) is 31.4 Å². The van der Waals surface area contributed by atoms with Gasteiger partial charge in [-0.1, -0.05) is 20.8 Å². The van der Waals surface area contributed by atoms with Gasteiger partial charge >= 0.3 is 5.97 Å². The van der Waals surface area contributed by atoms with Gasteiger partial charge in [0.1, 0.15) is 11.9 Å². The number of carbonyl (C=O) groups excluding carboxylic acids is 2. The van der Waals surface area contributed by atoms with E-state index in [-0.39, 0.29) is 41.5 Å². The quantitative estimate of drug-likeness (QED) is 0.566. The van der Waals surface area contributed by atoms with E-state index in [9.17, 15) is 9.59 Å². The molecular weight excluding hydrogens is 316 g/mol. The molecule has 3 rings (SSSR count). The monoisotopic (exact) mass is 344 g/mol. The molecule has 3 atom stereocenters. The molecule has 4 heteroatoms. The van der Waals surface area contributed by atoms with Crippen molar-refractivity contribution in [3.8, 4) is 5.75 Å². The molecule has 2 saturated carbocycles. The first-order valence-corrected chi connectivity index (χ1v) is 9.13. The zero-order valence-electron chi connectivity index (χ0n) is 15.6. The average molecular weight is 344 g/mol. The van der Waals surface area contributed by atoms with E-state index >= 15 is 0 Å². The molecule has 0 N–H and O–H groups in total. The normalized spacial score (nSPS) is 29.4. The summed E-state index contributed by atoms with van der Waals surface area (Å²) in [5.41, 5.74) is 0.729. The van der Waals surface area contributed by atoms with E-state index in [2.05, 4.69) is 20.8 Å². The van der Waals surface area contributed by atoms with Crippen LogP contribution in [0, 0.1) is 16.7 Å². The van der Waals surface area contributed by atoms with Crippen molar-refractivity contribution in [1.29, 1.82) is 0 Å². The number of hydrogen-bond donors (Lipinski definition) is 0. The molecule has 2 bridgehead atoms. The Kier molecular flexibility index (Phi) is 4.65. The van der Waals surface area contributed by atoms with Crippen LogP contribution in [0.4, 0.5) is 0 Å². The third-order valence-electron chi connectivity index (χ3n) is 6.36. The molecule has 0 aliphatic heterocycles. The van der Waals surface area contributed by atoms with Gasteiger partial charge in [0.25, 0.3) is 0 Å². The first kappa shape index (κ1) is 18.0. The second-order valence-corrected chi connectivity index (χ2v) is 8.44. The number of ether oxygens (including phenoxy) is 2. The predicted octanol–water partition coefficient (Wildman–Crippen LogP) is 4.42. The molecule has 2 aliphatic rings. The Balaban J connectivity index is 1.55. The SMILES string of the molecule is COc1ccc(C(=O)CCC(=O)OC2C3(C)CCC(C3)C2(C)C)cc1. The van der Waals surface area contributed by atoms with Crippen molar-refractivity contribution in [2.45, 2.75) is 59.0 Å². The second kappa shape index (κ2) is 6.47. The van der Waals surface area contributed by atoms with Crippen LogP contribution in [-0.4, -0.2) is 25.0 Å². The lowest BCUT2D eigenvalue weighted by Gasteiger charge is -2.41. The Morgan fingerprint density at radius 1 is 1.12 bits per heavy atom. The summed E-state index contributed by atoms with van der Waals surface area (Å²) in [5, 5.41) is 0. The number of esters is 1. The van der Waals surface area contributed by atoms with Gasteiger partial charge in [-0.3, -0.25) is 9.59 Å². The average Bonchev–Trinajstić information content (AvgIpc) is 3.07. The summed E-state index contributed by atoms with van der Waals surface area (Å²) in [5.74, 6) is 1.05. The van der Waals surface area contributed by atoms with Crippen LogP contribution in [0.25, 0.3) is 0 Å². The minimum atomic E-state index is -0.256. The lowest BCUT2D eigenvalue weighted by Crippen LogP contribution is -2.43. The predicted molar refractivity (Wildman–Crippen MR) is 95.7 cm³/mol. The Bertz CT molecular complexity index is 656. The number of carbonyl (C=O) groups is 2. The van der Waals surface area contributed by atoms with Gasteiger partial charge in [-0.15, -0.1) is 0 Å². The number of hydrogen-bond acceptors (Lipinski definition) is 4. The molecule has 0 amide bonds. The van der Waals surface area contributed by atoms with Crippen LogP contribution in [0.1, 0.15) is 63.2 Å². The maximum atomic E-state index is 12.3. The number of fused-ring (bicyclic) bond motifs is 2. The van der Waals surface area contributed by atoms with Gasteiger partial charge in [0.15, 0.2) is 5.78 Å². The number of rotatable bonds is 6. The zero-order valence-corrected chi connectivity index (χ0v) is 15.6. The number of Topliss-reactive ketones (excluding diaryl/α,β-unsaturated/α-hetero) is 1. The fourth-order valence-electron chi connectivity index (χ4n) is 4.88. The van der Waals surface area contributed by atoms with E-state index in [1.165, 1.54) is 6.42 Å². The van der Waals surface area contributed by atoms with E-state index in [4.69, 9.17) is 9.47 Å². The maximum Gasteiger partial charge on any atom is 0.306 e. The Labute approximate surface area is 149 Å². The largest absolute Gasteiger partial charge is 0.497 e. The minimum absolute atomic E-state index is 0.0304. The Morgan fingerprint density at radius 3 is 2.36 bits per heavy atom. The van der Waals surface area contributed by atoms with Crippen molar-refractivity contribution in [3.63, 3.8) is 0 Å². The van der Waals surface area contributed by atoms with E-state index in [0.29, 0.717) is 17.2 Å². The molecule has 0 radical (unpaired) electrons. The lowest BCUT2D eigenvalue weighted by atomic mass is 9.70. The van der Waals surface area contributed by atoms with Crippen LogP contribution in [-0.2, 0) is 9.53 Å². The van der Waals surface area contributed by atoms with Crippen molar-refractivity contribution in [2.75, 3.05) is 7.11 Å². The van der Waals surface area contributed by atoms with Crippen LogP contribution in [0.3, 0.4) is 0 Å². The molecule has 0 spiro atoms. The molecule has 0 saturated heterocycles. The van der Waals surface area contributed by atoms with Gasteiger partial charge in [-0.25, -0.2) is 0 Å². The van der Waals surface area contributed by atoms with Gasteiger partial charge in [0.05, 0.1) is 13.5 Å². The standard InChI is InChI=1S/C21H28O4/c1-20(2)15-11-12-21(3,13-15)19(20)25-18(23)10-9-17(22)14-5-7-16(24-4)8-6-14/h5-8,15,19H,9-13H2,1-4H3. The van der Waals surface area contributed by atoms with Crippen LogP contribution >= 0.6 is 0 Å². The van der Waals surface area contributed by atoms with Crippen molar-refractivity contribution in [3.05, 3.63) is 29.8 Å². The highest BCUT2D eigenvalue weighted by molar-refractivity contribution is 5.97. The molecule has 25 heavy (non-hydrogen) atoms. The second-order valence-electron chi connectivity index (χ2n) is 8.44. The van der Waals surface area contributed by atoms with Crippen LogP contribution < -0.4 is 4.74 Å². The smallest absolute Gasteiger partial charge is 0.306 e. The summed E-state index contributed by atoms with van der Waals surface area (Å²) in [6.45, 7) is 6.66. The number of benzene rings is 1. The molecule has 1 aromatic rings. The van der Waals surface area contributed by atoms with Crippen molar-refractivity contribution >= 4 is 11.8 Å². The summed E-state index contributed by atoms with van der Waals surface area (Å²) in [4.78, 5) is 24.6. The van der Waals surface area contributed by atoms with Crippen molar-refractivity contribution in [2.24, 2.45) is 16.7 Å². The molecule has 2 aliphatic carbocycles. The van der Waals surface area contributed by atoms with Crippen LogP contribution in [0.15, 0.2) is 24.3 Å². The molecule has 0 heterocycles. The van der Waals surface area contributed by atoms with E-state index in [1.807, 2.05) is 0 Å². The van der Waals surface area contributed by atoms with Crippen molar-refractivity contribution < 1.29 is 19.1 Å². The summed E-state index contributed by atoms with van der Waals surface area (Å²) in [7, 11) is 1.59. The minimum Gasteiger partial charge on any atom is -0.497 e.